The van der Waals surface area contributed by atoms with Gasteiger partial charge in [0, 0.05) is 24.7 Å². The Labute approximate surface area is 125 Å². The number of nitrogens with two attached hydrogens (primary N) is 1. The van der Waals surface area contributed by atoms with Crippen LogP contribution in [0, 0.1) is 13.8 Å². The Hall–Kier alpha value is -1.88. The number of amides is 2. The number of para-hydroxylation sites is 1. The maximum atomic E-state index is 12.2. The van der Waals surface area contributed by atoms with Crippen LogP contribution in [0.4, 0.5) is 5.69 Å². The van der Waals surface area contributed by atoms with Gasteiger partial charge < -0.3 is 11.1 Å². The molecule has 2 rings (SSSR count). The summed E-state index contributed by atoms with van der Waals surface area (Å²) in [6.07, 6.45) is 2.48. The SMILES string of the molecule is Cc1cccc(C)c1NC(=O)CN(CCC(N)=O)C1CC1. The highest BCUT2D eigenvalue weighted by Gasteiger charge is 2.30. The molecular weight excluding hydrogens is 266 g/mol. The lowest BCUT2D eigenvalue weighted by Crippen LogP contribution is -2.37. The summed E-state index contributed by atoms with van der Waals surface area (Å²) >= 11 is 0. The van der Waals surface area contributed by atoms with Crippen LogP contribution in [0.15, 0.2) is 18.2 Å². The third-order valence-corrected chi connectivity index (χ3v) is 3.80. The zero-order chi connectivity index (χ0) is 15.4. The summed E-state index contributed by atoms with van der Waals surface area (Å²) in [5, 5.41) is 2.98. The highest BCUT2D eigenvalue weighted by molar-refractivity contribution is 5.93. The maximum absolute atomic E-state index is 12.2. The second-order valence-electron chi connectivity index (χ2n) is 5.73. The van der Waals surface area contributed by atoms with E-state index in [0.717, 1.165) is 29.7 Å². The molecule has 1 aromatic carbocycles. The lowest BCUT2D eigenvalue weighted by Gasteiger charge is -2.21. The van der Waals surface area contributed by atoms with E-state index in [1.807, 2.05) is 36.9 Å². The van der Waals surface area contributed by atoms with Crippen molar-refractivity contribution in [1.82, 2.24) is 4.90 Å². The van der Waals surface area contributed by atoms with Crippen molar-refractivity contribution in [1.29, 1.82) is 0 Å². The molecule has 21 heavy (non-hydrogen) atoms. The molecule has 1 fully saturated rings. The van der Waals surface area contributed by atoms with E-state index in [2.05, 4.69) is 5.32 Å². The molecule has 1 aliphatic rings. The van der Waals surface area contributed by atoms with Crippen LogP contribution in [0.2, 0.25) is 0 Å². The molecular formula is C16H23N3O2. The standard InChI is InChI=1S/C16H23N3O2/c1-11-4-3-5-12(2)16(11)18-15(21)10-19(13-6-7-13)9-8-14(17)20/h3-5,13H,6-10H2,1-2H3,(H2,17,20)(H,18,21). The summed E-state index contributed by atoms with van der Waals surface area (Å²) in [6.45, 7) is 4.83. The lowest BCUT2D eigenvalue weighted by atomic mass is 10.1. The molecule has 0 aromatic heterocycles. The van der Waals surface area contributed by atoms with Crippen molar-refractivity contribution in [2.24, 2.45) is 5.73 Å². The molecule has 0 atom stereocenters. The maximum Gasteiger partial charge on any atom is 0.238 e. The van der Waals surface area contributed by atoms with E-state index in [1.165, 1.54) is 0 Å². The summed E-state index contributed by atoms with van der Waals surface area (Å²) in [5.41, 5.74) is 8.18. The molecule has 1 saturated carbocycles. The van der Waals surface area contributed by atoms with Gasteiger partial charge in [-0.1, -0.05) is 18.2 Å². The fourth-order valence-corrected chi connectivity index (χ4v) is 2.46. The molecule has 2 amide bonds. The van der Waals surface area contributed by atoms with Crippen molar-refractivity contribution in [2.45, 2.75) is 39.2 Å². The first-order chi connectivity index (χ1) is 9.97. The van der Waals surface area contributed by atoms with Gasteiger partial charge in [0.15, 0.2) is 0 Å². The Balaban J connectivity index is 1.94. The van der Waals surface area contributed by atoms with Crippen LogP contribution >= 0.6 is 0 Å². The highest BCUT2D eigenvalue weighted by Crippen LogP contribution is 2.27. The average molecular weight is 289 g/mol. The minimum atomic E-state index is -0.323. The first-order valence-electron chi connectivity index (χ1n) is 7.36. The van der Waals surface area contributed by atoms with Crippen LogP contribution in [0.1, 0.15) is 30.4 Å². The third-order valence-electron chi connectivity index (χ3n) is 3.80. The second-order valence-corrected chi connectivity index (χ2v) is 5.73. The van der Waals surface area contributed by atoms with Gasteiger partial charge in [-0.05, 0) is 37.8 Å². The van der Waals surface area contributed by atoms with Gasteiger partial charge in [0.1, 0.15) is 0 Å². The highest BCUT2D eigenvalue weighted by atomic mass is 16.2. The van der Waals surface area contributed by atoms with E-state index in [1.54, 1.807) is 0 Å². The molecule has 0 radical (unpaired) electrons. The Kier molecular flexibility index (Phi) is 4.96. The van der Waals surface area contributed by atoms with Crippen LogP contribution in [0.3, 0.4) is 0 Å². The molecule has 0 spiro atoms. The fourth-order valence-electron chi connectivity index (χ4n) is 2.46. The first-order valence-corrected chi connectivity index (χ1v) is 7.36. The van der Waals surface area contributed by atoms with Crippen LogP contribution in [0.25, 0.3) is 0 Å². The van der Waals surface area contributed by atoms with Gasteiger partial charge in [0.05, 0.1) is 6.54 Å². The minimum absolute atomic E-state index is 0.0382. The number of primary amides is 1. The van der Waals surface area contributed by atoms with E-state index in [9.17, 15) is 9.59 Å². The van der Waals surface area contributed by atoms with E-state index >= 15 is 0 Å². The number of aryl methyl sites for hydroxylation is 2. The van der Waals surface area contributed by atoms with Gasteiger partial charge in [-0.3, -0.25) is 14.5 Å². The van der Waals surface area contributed by atoms with E-state index < -0.39 is 0 Å². The molecule has 5 heteroatoms. The molecule has 114 valence electrons. The Morgan fingerprint density at radius 1 is 1.29 bits per heavy atom. The lowest BCUT2D eigenvalue weighted by molar-refractivity contribution is -0.120. The van der Waals surface area contributed by atoms with E-state index in [4.69, 9.17) is 5.73 Å². The van der Waals surface area contributed by atoms with Gasteiger partial charge in [0.2, 0.25) is 11.8 Å². The molecule has 1 aliphatic carbocycles. The van der Waals surface area contributed by atoms with Crippen molar-refractivity contribution in [3.8, 4) is 0 Å². The topological polar surface area (TPSA) is 75.4 Å². The van der Waals surface area contributed by atoms with Crippen molar-refractivity contribution < 1.29 is 9.59 Å². The Morgan fingerprint density at radius 2 is 1.90 bits per heavy atom. The quantitative estimate of drug-likeness (QED) is 0.800. The van der Waals surface area contributed by atoms with Crippen LogP contribution < -0.4 is 11.1 Å². The normalized spacial score (nSPS) is 14.2. The van der Waals surface area contributed by atoms with Crippen molar-refractivity contribution in [3.63, 3.8) is 0 Å². The van der Waals surface area contributed by atoms with E-state index in [0.29, 0.717) is 25.6 Å². The molecule has 0 heterocycles. The zero-order valence-corrected chi connectivity index (χ0v) is 12.7. The van der Waals surface area contributed by atoms with Gasteiger partial charge >= 0.3 is 0 Å². The average Bonchev–Trinajstić information content (AvgIpc) is 3.23. The monoisotopic (exact) mass is 289 g/mol. The van der Waals surface area contributed by atoms with Crippen LogP contribution in [-0.2, 0) is 9.59 Å². The third kappa shape index (κ3) is 4.56. The van der Waals surface area contributed by atoms with Crippen molar-refractivity contribution >= 4 is 17.5 Å². The van der Waals surface area contributed by atoms with Gasteiger partial charge in [0.25, 0.3) is 0 Å². The zero-order valence-electron chi connectivity index (χ0n) is 12.7. The van der Waals surface area contributed by atoms with E-state index in [-0.39, 0.29) is 11.8 Å². The number of benzene rings is 1. The molecule has 1 aromatic rings. The summed E-state index contributed by atoms with van der Waals surface area (Å²) < 4.78 is 0. The predicted octanol–water partition coefficient (Wildman–Crippen LogP) is 1.58. The fraction of sp³-hybridized carbons (Fsp3) is 0.500. The molecule has 0 unspecified atom stereocenters. The number of carbonyl (C=O) groups excluding carboxylic acids is 2. The molecule has 0 aliphatic heterocycles. The molecule has 5 nitrogen and oxygen atoms in total. The first kappa shape index (κ1) is 15.5. The Morgan fingerprint density at radius 3 is 2.43 bits per heavy atom. The van der Waals surface area contributed by atoms with Crippen LogP contribution in [-0.4, -0.2) is 35.8 Å². The number of carbonyl (C=O) groups is 2. The number of hydrogen-bond acceptors (Lipinski definition) is 3. The number of rotatable bonds is 7. The van der Waals surface area contributed by atoms with Gasteiger partial charge in [-0.15, -0.1) is 0 Å². The smallest absolute Gasteiger partial charge is 0.238 e. The second kappa shape index (κ2) is 6.72. The largest absolute Gasteiger partial charge is 0.370 e. The van der Waals surface area contributed by atoms with Crippen LogP contribution in [0.5, 0.6) is 0 Å². The molecule has 3 N–H and O–H groups in total. The minimum Gasteiger partial charge on any atom is -0.370 e. The van der Waals surface area contributed by atoms with Crippen molar-refractivity contribution in [2.75, 3.05) is 18.4 Å². The number of hydrogen-bond donors (Lipinski definition) is 2. The molecule has 0 bridgehead atoms. The van der Waals surface area contributed by atoms with Gasteiger partial charge in [-0.2, -0.15) is 0 Å². The Bertz CT molecular complexity index is 518. The van der Waals surface area contributed by atoms with Crippen molar-refractivity contribution in [3.05, 3.63) is 29.3 Å². The summed E-state index contributed by atoms with van der Waals surface area (Å²) in [4.78, 5) is 25.2. The predicted molar refractivity (Wildman–Crippen MR) is 83.0 cm³/mol. The number of nitrogens with zero attached hydrogens (tertiary/aromatic N) is 1. The summed E-state index contributed by atoms with van der Waals surface area (Å²) in [7, 11) is 0. The van der Waals surface area contributed by atoms with Gasteiger partial charge in [-0.25, -0.2) is 0 Å². The number of nitrogens with one attached hydrogen (secondary N) is 1. The summed E-state index contributed by atoms with van der Waals surface area (Å²) in [5.74, 6) is -0.362. The summed E-state index contributed by atoms with van der Waals surface area (Å²) in [6, 6.07) is 6.36. The molecule has 0 saturated heterocycles. The number of anilines is 1.